The molecule has 2 saturated heterocycles. The van der Waals surface area contributed by atoms with Gasteiger partial charge in [0.15, 0.2) is 12.1 Å². The normalized spacial score (nSPS) is 23.6. The quantitative estimate of drug-likeness (QED) is 0.0933. The highest BCUT2D eigenvalue weighted by atomic mass is 28.4. The molecule has 0 amide bonds. The summed E-state index contributed by atoms with van der Waals surface area (Å²) in [6.45, 7) is 19.6. The Morgan fingerprint density at radius 2 is 1.33 bits per heavy atom. The fourth-order valence-corrected chi connectivity index (χ4v) is 12.4. The second-order valence-electron chi connectivity index (χ2n) is 15.2. The van der Waals surface area contributed by atoms with E-state index < -0.39 is 14.1 Å². The molecule has 0 aliphatic carbocycles. The first-order valence-corrected chi connectivity index (χ1v) is 19.9. The number of hydrogen-bond donors (Lipinski definition) is 0. The lowest BCUT2D eigenvalue weighted by Crippen LogP contribution is -2.69. The molecule has 0 bridgehead atoms. The molecule has 0 spiro atoms. The molecule has 0 N–H and O–H groups in total. The van der Waals surface area contributed by atoms with Crippen LogP contribution in [0.4, 0.5) is 0 Å². The van der Waals surface area contributed by atoms with E-state index in [9.17, 15) is 0 Å². The van der Waals surface area contributed by atoms with E-state index >= 15 is 0 Å². The first-order chi connectivity index (χ1) is 23.4. The van der Waals surface area contributed by atoms with Crippen LogP contribution in [0.2, 0.25) is 5.04 Å². The van der Waals surface area contributed by atoms with Crippen molar-refractivity contribution in [3.63, 3.8) is 0 Å². The molecule has 49 heavy (non-hydrogen) atoms. The molecule has 7 nitrogen and oxygen atoms in total. The first-order valence-electron chi connectivity index (χ1n) is 18.0. The molecular weight excluding hydrogens is 633 g/mol. The number of rotatable bonds is 15. The van der Waals surface area contributed by atoms with Gasteiger partial charge in [-0.1, -0.05) is 126 Å². The predicted molar refractivity (Wildman–Crippen MR) is 196 cm³/mol. The molecule has 0 radical (unpaired) electrons. The predicted octanol–water partition coefficient (Wildman–Crippen LogP) is 7.46. The molecule has 2 fully saturated rings. The number of hydrogen-bond acceptors (Lipinski definition) is 7. The Labute approximate surface area is 295 Å². The van der Waals surface area contributed by atoms with Crippen LogP contribution in [0.15, 0.2) is 91.0 Å². The van der Waals surface area contributed by atoms with Gasteiger partial charge in [0, 0.05) is 18.3 Å². The third-order valence-corrected chi connectivity index (χ3v) is 15.2. The van der Waals surface area contributed by atoms with Gasteiger partial charge in [0.2, 0.25) is 0 Å². The average Bonchev–Trinajstić information content (AvgIpc) is 3.62. The van der Waals surface area contributed by atoms with E-state index in [0.29, 0.717) is 19.8 Å². The highest BCUT2D eigenvalue weighted by Gasteiger charge is 2.54. The fourth-order valence-electron chi connectivity index (χ4n) is 7.68. The summed E-state index contributed by atoms with van der Waals surface area (Å²) < 4.78 is 45.2. The molecule has 3 aromatic carbocycles. The Hall–Kier alpha value is -2.40. The van der Waals surface area contributed by atoms with Crippen molar-refractivity contribution in [2.45, 2.75) is 116 Å². The molecule has 5 rings (SSSR count). The summed E-state index contributed by atoms with van der Waals surface area (Å²) in [5, 5.41) is 2.36. The third kappa shape index (κ3) is 9.29. The highest BCUT2D eigenvalue weighted by Crippen LogP contribution is 2.42. The lowest BCUT2D eigenvalue weighted by Gasteiger charge is -2.52. The van der Waals surface area contributed by atoms with Crippen molar-refractivity contribution in [3.05, 3.63) is 96.6 Å². The average molecular weight is 691 g/mol. The zero-order valence-corrected chi connectivity index (χ0v) is 31.8. The van der Waals surface area contributed by atoms with Crippen molar-refractivity contribution in [2.75, 3.05) is 20.0 Å². The third-order valence-electron chi connectivity index (χ3n) is 10.1. The van der Waals surface area contributed by atoms with Crippen LogP contribution in [-0.4, -0.2) is 64.8 Å². The number of ether oxygens (including phenoxy) is 6. The van der Waals surface area contributed by atoms with E-state index in [2.05, 4.69) is 114 Å². The topological polar surface area (TPSA) is 64.6 Å². The summed E-state index contributed by atoms with van der Waals surface area (Å²) in [5.41, 5.74) is 1.12. The highest BCUT2D eigenvalue weighted by molar-refractivity contribution is 6.99. The fraction of sp³-hybridized carbons (Fsp3) is 0.561. The summed E-state index contributed by atoms with van der Waals surface area (Å²) in [7, 11) is -2.81. The van der Waals surface area contributed by atoms with E-state index in [1.807, 2.05) is 32.0 Å². The second kappa shape index (κ2) is 16.7. The van der Waals surface area contributed by atoms with Gasteiger partial charge in [-0.25, -0.2) is 0 Å². The van der Waals surface area contributed by atoms with Crippen LogP contribution in [0, 0.1) is 11.8 Å². The molecule has 2 aliphatic rings. The minimum Gasteiger partial charge on any atom is -0.402 e. The zero-order valence-electron chi connectivity index (χ0n) is 30.8. The van der Waals surface area contributed by atoms with Gasteiger partial charge in [-0.3, -0.25) is 0 Å². The van der Waals surface area contributed by atoms with E-state index in [0.717, 1.165) is 18.4 Å². The summed E-state index contributed by atoms with van der Waals surface area (Å²) in [4.78, 5) is 0. The summed E-state index contributed by atoms with van der Waals surface area (Å²) >= 11 is 0. The molecule has 8 heteroatoms. The molecule has 0 aromatic heterocycles. The molecule has 6 atom stereocenters. The Morgan fingerprint density at radius 1 is 0.796 bits per heavy atom. The number of benzene rings is 3. The van der Waals surface area contributed by atoms with Crippen LogP contribution >= 0.6 is 0 Å². The standard InChI is InChI=1S/C41H58O7Si/c1-30(36(24-25-37-43-26-27-44-37)45-29-42-28-33-18-12-9-13-19-33)38-31(2)39(47-41(7,8)46-38)32(3)48-49(40(4,5)6,34-20-14-10-15-21-34)35-22-16-11-17-23-35/h9-23,30-32,36-39H,24-29H2,1-8H3/t30-,31-,32+,36+,38-,39-/m0/s1. The molecule has 0 unspecified atom stereocenters. The van der Waals surface area contributed by atoms with Crippen molar-refractivity contribution in [1.29, 1.82) is 0 Å². The monoisotopic (exact) mass is 690 g/mol. The van der Waals surface area contributed by atoms with Crippen LogP contribution in [-0.2, 0) is 39.5 Å². The minimum absolute atomic E-state index is 0.0200. The van der Waals surface area contributed by atoms with Gasteiger partial charge in [0.05, 0.1) is 44.2 Å². The lowest BCUT2D eigenvalue weighted by molar-refractivity contribution is -0.342. The maximum absolute atomic E-state index is 7.58. The molecular formula is C41H58O7Si. The van der Waals surface area contributed by atoms with Gasteiger partial charge in [-0.2, -0.15) is 0 Å². The van der Waals surface area contributed by atoms with Gasteiger partial charge >= 0.3 is 0 Å². The minimum atomic E-state index is -2.81. The van der Waals surface area contributed by atoms with Crippen LogP contribution < -0.4 is 10.4 Å². The van der Waals surface area contributed by atoms with Crippen molar-refractivity contribution >= 4 is 18.7 Å². The summed E-state index contributed by atoms with van der Waals surface area (Å²) in [6.07, 6.45) is 0.573. The largest absolute Gasteiger partial charge is 0.402 e. The smallest absolute Gasteiger partial charge is 0.261 e. The second-order valence-corrected chi connectivity index (χ2v) is 19.4. The van der Waals surface area contributed by atoms with Crippen molar-refractivity contribution < 1.29 is 32.8 Å². The molecule has 3 aromatic rings. The van der Waals surface area contributed by atoms with E-state index in [1.54, 1.807) is 0 Å². The molecule has 2 aliphatic heterocycles. The zero-order chi connectivity index (χ0) is 35.1. The van der Waals surface area contributed by atoms with Crippen molar-refractivity contribution in [3.8, 4) is 0 Å². The van der Waals surface area contributed by atoms with Gasteiger partial charge in [-0.15, -0.1) is 0 Å². The maximum atomic E-state index is 7.58. The van der Waals surface area contributed by atoms with E-state index in [-0.39, 0.29) is 54.4 Å². The molecule has 2 heterocycles. The van der Waals surface area contributed by atoms with Crippen molar-refractivity contribution in [1.82, 2.24) is 0 Å². The summed E-state index contributed by atoms with van der Waals surface area (Å²) in [6, 6.07) is 31.8. The van der Waals surface area contributed by atoms with Gasteiger partial charge in [0.1, 0.15) is 6.79 Å². The summed E-state index contributed by atoms with van der Waals surface area (Å²) in [5.74, 6) is -0.764. The van der Waals surface area contributed by atoms with E-state index in [4.69, 9.17) is 32.8 Å². The maximum Gasteiger partial charge on any atom is 0.261 e. The van der Waals surface area contributed by atoms with Crippen LogP contribution in [0.3, 0.4) is 0 Å². The van der Waals surface area contributed by atoms with Gasteiger partial charge < -0.3 is 32.8 Å². The molecule has 268 valence electrons. The van der Waals surface area contributed by atoms with Gasteiger partial charge in [0.25, 0.3) is 8.32 Å². The Morgan fingerprint density at radius 3 is 1.88 bits per heavy atom. The SMILES string of the molecule is C[C@H]([C@@H]1OC(C)(C)O[C@H]([C@@H](C)O[Si](c2ccccc2)(c2ccccc2)C(C)(C)C)[C@H]1C)[C@@H](CCC1OCCO1)OCOCc1ccccc1. The first kappa shape index (κ1) is 37.8. The Bertz CT molecular complexity index is 1350. The van der Waals surface area contributed by atoms with E-state index in [1.165, 1.54) is 10.4 Å². The Balaban J connectivity index is 1.38. The van der Waals surface area contributed by atoms with Crippen LogP contribution in [0.1, 0.15) is 73.8 Å². The lowest BCUT2D eigenvalue weighted by atomic mass is 9.82. The van der Waals surface area contributed by atoms with Crippen LogP contribution in [0.25, 0.3) is 0 Å². The molecule has 0 saturated carbocycles. The Kier molecular flexibility index (Phi) is 12.9. The van der Waals surface area contributed by atoms with Gasteiger partial charge in [-0.05, 0) is 48.2 Å². The van der Waals surface area contributed by atoms with Crippen LogP contribution in [0.5, 0.6) is 0 Å². The van der Waals surface area contributed by atoms with Crippen molar-refractivity contribution in [2.24, 2.45) is 11.8 Å².